The lowest BCUT2D eigenvalue weighted by Crippen LogP contribution is -2.49. The molecule has 0 aliphatic carbocycles. The third kappa shape index (κ3) is 4.39. The van der Waals surface area contributed by atoms with Crippen molar-refractivity contribution in [2.75, 3.05) is 42.5 Å². The van der Waals surface area contributed by atoms with E-state index in [-0.39, 0.29) is 12.2 Å². The maximum Gasteiger partial charge on any atom is 0.101 e. The Morgan fingerprint density at radius 2 is 1.94 bits per heavy atom. The molecule has 4 heterocycles. The SMILES string of the molecule is C[C@@H]1CN(c2ccc3cn(C[C@H]4CN(c5ccc(C#N)c6ncccc56)C[C@@H](C)O4)cc3c2)CCN1. The monoisotopic (exact) mass is 480 g/mol. The molecule has 184 valence electrons. The van der Waals surface area contributed by atoms with Gasteiger partial charge in [0.15, 0.2) is 0 Å². The topological polar surface area (TPSA) is 69.4 Å². The van der Waals surface area contributed by atoms with Crippen LogP contribution in [0.25, 0.3) is 21.7 Å². The fraction of sp³-hybridized carbons (Fsp3) is 0.379. The van der Waals surface area contributed by atoms with Gasteiger partial charge in [-0.15, -0.1) is 0 Å². The zero-order valence-electron chi connectivity index (χ0n) is 20.9. The summed E-state index contributed by atoms with van der Waals surface area (Å²) < 4.78 is 8.65. The van der Waals surface area contributed by atoms with Crippen LogP contribution in [0, 0.1) is 11.3 Å². The highest BCUT2D eigenvalue weighted by atomic mass is 16.5. The van der Waals surface area contributed by atoms with E-state index < -0.39 is 0 Å². The Hall–Kier alpha value is -3.60. The fourth-order valence-electron chi connectivity index (χ4n) is 5.76. The predicted octanol–water partition coefficient (Wildman–Crippen LogP) is 4.15. The van der Waals surface area contributed by atoms with Crippen molar-refractivity contribution >= 4 is 33.1 Å². The molecule has 6 rings (SSSR count). The summed E-state index contributed by atoms with van der Waals surface area (Å²) in [7, 11) is 0. The quantitative estimate of drug-likeness (QED) is 0.473. The summed E-state index contributed by atoms with van der Waals surface area (Å²) in [5.74, 6) is 0. The molecule has 36 heavy (non-hydrogen) atoms. The average molecular weight is 481 g/mol. The molecule has 0 bridgehead atoms. The van der Waals surface area contributed by atoms with Gasteiger partial charge < -0.3 is 24.4 Å². The largest absolute Gasteiger partial charge is 0.370 e. The normalized spacial score (nSPS) is 22.8. The maximum absolute atomic E-state index is 9.52. The number of rotatable bonds is 4. The maximum atomic E-state index is 9.52. The van der Waals surface area contributed by atoms with Crippen molar-refractivity contribution in [2.45, 2.75) is 38.6 Å². The summed E-state index contributed by atoms with van der Waals surface area (Å²) in [6, 6.07) is 17.5. The number of fused-ring (bicyclic) bond motifs is 2. The number of hydrogen-bond acceptors (Lipinski definition) is 6. The third-order valence-corrected chi connectivity index (χ3v) is 7.36. The molecule has 0 spiro atoms. The second kappa shape index (κ2) is 9.45. The molecule has 2 aliphatic rings. The van der Waals surface area contributed by atoms with Crippen molar-refractivity contribution in [2.24, 2.45) is 0 Å². The minimum atomic E-state index is 0.0615. The first-order valence-corrected chi connectivity index (χ1v) is 12.8. The molecular weight excluding hydrogens is 448 g/mol. The molecule has 0 saturated carbocycles. The van der Waals surface area contributed by atoms with Gasteiger partial charge in [-0.2, -0.15) is 5.26 Å². The van der Waals surface area contributed by atoms with Crippen LogP contribution in [0.15, 0.2) is 61.1 Å². The van der Waals surface area contributed by atoms with Crippen molar-refractivity contribution in [3.05, 3.63) is 66.6 Å². The van der Waals surface area contributed by atoms with Gasteiger partial charge in [-0.05, 0) is 55.6 Å². The van der Waals surface area contributed by atoms with Gasteiger partial charge in [0.2, 0.25) is 0 Å². The second-order valence-corrected chi connectivity index (χ2v) is 10.2. The van der Waals surface area contributed by atoms with E-state index in [4.69, 9.17) is 4.74 Å². The number of ether oxygens (including phenoxy) is 1. The van der Waals surface area contributed by atoms with Crippen molar-refractivity contribution < 1.29 is 4.74 Å². The minimum absolute atomic E-state index is 0.0615. The van der Waals surface area contributed by atoms with Gasteiger partial charge in [-0.3, -0.25) is 4.98 Å². The Labute approximate surface area is 211 Å². The van der Waals surface area contributed by atoms with Gasteiger partial charge in [0.25, 0.3) is 0 Å². The van der Waals surface area contributed by atoms with Crippen LogP contribution >= 0.6 is 0 Å². The molecule has 7 heteroatoms. The van der Waals surface area contributed by atoms with E-state index in [2.05, 4.69) is 87.3 Å². The molecule has 4 aromatic rings. The molecule has 2 aromatic heterocycles. The van der Waals surface area contributed by atoms with Crippen molar-refractivity contribution in [3.63, 3.8) is 0 Å². The summed E-state index contributed by atoms with van der Waals surface area (Å²) in [5, 5.41) is 16.6. The summed E-state index contributed by atoms with van der Waals surface area (Å²) in [6.45, 7) is 9.88. The van der Waals surface area contributed by atoms with E-state index >= 15 is 0 Å². The molecule has 0 radical (unpaired) electrons. The molecule has 0 unspecified atom stereocenters. The first kappa shape index (κ1) is 22.8. The molecule has 2 aromatic carbocycles. The van der Waals surface area contributed by atoms with Crippen LogP contribution in [0.1, 0.15) is 19.4 Å². The van der Waals surface area contributed by atoms with Gasteiger partial charge in [0, 0.05) is 79.5 Å². The van der Waals surface area contributed by atoms with E-state index in [1.807, 2.05) is 12.1 Å². The van der Waals surface area contributed by atoms with Gasteiger partial charge in [0.1, 0.15) is 6.07 Å². The highest BCUT2D eigenvalue weighted by Crippen LogP contribution is 2.31. The Balaban J connectivity index is 1.23. The molecule has 2 saturated heterocycles. The first-order chi connectivity index (χ1) is 17.6. The number of nitrogens with zero attached hydrogens (tertiary/aromatic N) is 5. The number of anilines is 2. The average Bonchev–Trinajstić information content (AvgIpc) is 3.29. The molecule has 0 amide bonds. The Bertz CT molecular complexity index is 1440. The van der Waals surface area contributed by atoms with Gasteiger partial charge >= 0.3 is 0 Å². The van der Waals surface area contributed by atoms with Crippen LogP contribution in [-0.4, -0.2) is 60.5 Å². The second-order valence-electron chi connectivity index (χ2n) is 10.2. The van der Waals surface area contributed by atoms with Gasteiger partial charge in [-0.25, -0.2) is 0 Å². The smallest absolute Gasteiger partial charge is 0.101 e. The van der Waals surface area contributed by atoms with Crippen molar-refractivity contribution in [1.29, 1.82) is 5.26 Å². The van der Waals surface area contributed by atoms with Gasteiger partial charge in [0.05, 0.1) is 29.8 Å². The molecule has 1 N–H and O–H groups in total. The number of hydrogen-bond donors (Lipinski definition) is 1. The van der Waals surface area contributed by atoms with Crippen LogP contribution in [0.3, 0.4) is 0 Å². The molecule has 2 fully saturated rings. The number of morpholine rings is 1. The van der Waals surface area contributed by atoms with Crippen LogP contribution < -0.4 is 15.1 Å². The number of aromatic nitrogens is 2. The van der Waals surface area contributed by atoms with Crippen LogP contribution in [0.2, 0.25) is 0 Å². The number of pyridine rings is 1. The lowest BCUT2D eigenvalue weighted by atomic mass is 10.1. The van der Waals surface area contributed by atoms with Crippen molar-refractivity contribution in [3.8, 4) is 6.07 Å². The van der Waals surface area contributed by atoms with Crippen LogP contribution in [-0.2, 0) is 11.3 Å². The fourth-order valence-corrected chi connectivity index (χ4v) is 5.76. The Morgan fingerprint density at radius 3 is 2.81 bits per heavy atom. The highest BCUT2D eigenvalue weighted by Gasteiger charge is 2.27. The zero-order valence-corrected chi connectivity index (χ0v) is 20.9. The molecule has 7 nitrogen and oxygen atoms in total. The summed E-state index contributed by atoms with van der Waals surface area (Å²) in [6.07, 6.45) is 6.40. The van der Waals surface area contributed by atoms with E-state index in [0.717, 1.165) is 55.9 Å². The van der Waals surface area contributed by atoms with Gasteiger partial charge in [-0.1, -0.05) is 6.07 Å². The van der Waals surface area contributed by atoms with E-state index in [1.165, 1.54) is 16.5 Å². The van der Waals surface area contributed by atoms with Crippen LogP contribution in [0.4, 0.5) is 11.4 Å². The van der Waals surface area contributed by atoms with Crippen LogP contribution in [0.5, 0.6) is 0 Å². The summed E-state index contributed by atoms with van der Waals surface area (Å²) in [5.41, 5.74) is 3.79. The minimum Gasteiger partial charge on any atom is -0.370 e. The third-order valence-electron chi connectivity index (χ3n) is 7.36. The van der Waals surface area contributed by atoms with E-state index in [0.29, 0.717) is 11.6 Å². The molecular formula is C29H32N6O. The van der Waals surface area contributed by atoms with Crippen molar-refractivity contribution in [1.82, 2.24) is 14.9 Å². The zero-order chi connectivity index (χ0) is 24.6. The first-order valence-electron chi connectivity index (χ1n) is 12.8. The summed E-state index contributed by atoms with van der Waals surface area (Å²) >= 11 is 0. The lowest BCUT2D eigenvalue weighted by Gasteiger charge is -2.39. The van der Waals surface area contributed by atoms with E-state index in [1.54, 1.807) is 6.20 Å². The predicted molar refractivity (Wildman–Crippen MR) is 145 cm³/mol. The number of nitriles is 1. The number of piperazine rings is 1. The Kier molecular flexibility index (Phi) is 6.00. The standard InChI is InChI=1S/C29H32N6O/c1-20-14-34(11-10-31-20)25-7-5-23-16-33(17-24(23)12-25)18-26-19-35(15-21(2)36-26)28-8-6-22(13-30)29-27(28)4-3-9-32-29/h3-9,12,16-17,20-21,26,31H,10-11,14-15,18-19H2,1-2H3/t20-,21-,26+/m1/s1. The molecule has 2 aliphatic heterocycles. The Morgan fingerprint density at radius 1 is 1.06 bits per heavy atom. The van der Waals surface area contributed by atoms with E-state index in [9.17, 15) is 5.26 Å². The summed E-state index contributed by atoms with van der Waals surface area (Å²) in [4.78, 5) is 9.35. The lowest BCUT2D eigenvalue weighted by molar-refractivity contribution is -0.0238. The number of nitrogens with one attached hydrogen (secondary N) is 1. The highest BCUT2D eigenvalue weighted by molar-refractivity contribution is 5.95. The number of benzene rings is 2. The molecule has 3 atom stereocenters.